The Morgan fingerprint density at radius 3 is 2.65 bits per heavy atom. The Kier molecular flexibility index (Phi) is 5.38. The van der Waals surface area contributed by atoms with Crippen LogP contribution < -0.4 is 5.73 Å². The Morgan fingerprint density at radius 1 is 1.50 bits per heavy atom. The number of halogens is 1. The molecule has 1 rings (SSSR count). The van der Waals surface area contributed by atoms with E-state index in [0.29, 0.717) is 0 Å². The molecule has 0 aliphatic rings. The summed E-state index contributed by atoms with van der Waals surface area (Å²) in [4.78, 5) is 11.3. The molecule has 112 valence electrons. The molecule has 2 N–H and O–H groups in total. The van der Waals surface area contributed by atoms with Crippen molar-refractivity contribution < 1.29 is 17.9 Å². The minimum Gasteiger partial charge on any atom is -0.469 e. The van der Waals surface area contributed by atoms with Crippen LogP contribution in [0.25, 0.3) is 0 Å². The molecule has 0 aliphatic carbocycles. The highest BCUT2D eigenvalue weighted by molar-refractivity contribution is 7.89. The molecular formula is C12H17ClN2O4S. The Labute approximate surface area is 123 Å². The maximum atomic E-state index is 12.4. The zero-order valence-electron chi connectivity index (χ0n) is 11.5. The third-order valence-electron chi connectivity index (χ3n) is 2.80. The number of rotatable bonds is 5. The smallest absolute Gasteiger partial charge is 0.309 e. The number of nitrogens with zero attached hydrogens (tertiary/aromatic N) is 1. The minimum absolute atomic E-state index is 0.0129. The predicted octanol–water partition coefficient (Wildman–Crippen LogP) is 1.35. The van der Waals surface area contributed by atoms with E-state index in [9.17, 15) is 13.2 Å². The molecule has 1 aromatic rings. The number of methoxy groups -OCH3 is 1. The van der Waals surface area contributed by atoms with Gasteiger partial charge in [0.15, 0.2) is 0 Å². The van der Waals surface area contributed by atoms with Crippen molar-refractivity contribution in [3.05, 3.63) is 23.2 Å². The van der Waals surface area contributed by atoms with Gasteiger partial charge in [-0.25, -0.2) is 12.7 Å². The van der Waals surface area contributed by atoms with Crippen molar-refractivity contribution in [2.45, 2.75) is 11.8 Å². The molecule has 0 heterocycles. The molecule has 8 heteroatoms. The van der Waals surface area contributed by atoms with Crippen LogP contribution in [-0.2, 0) is 19.6 Å². The van der Waals surface area contributed by atoms with Crippen molar-refractivity contribution in [3.8, 4) is 0 Å². The standard InChI is InChI=1S/C12H17ClN2O4S/c1-8(12(16)19-3)7-15(2)20(17,18)11-6-9(13)4-5-10(11)14/h4-6,8H,7,14H2,1-3H3. The van der Waals surface area contributed by atoms with E-state index in [0.717, 1.165) is 4.31 Å². The lowest BCUT2D eigenvalue weighted by Gasteiger charge is -2.21. The number of nitrogen functional groups attached to an aromatic ring is 1. The zero-order valence-corrected chi connectivity index (χ0v) is 13.0. The Bertz CT molecular complexity index is 603. The molecule has 0 fully saturated rings. The Morgan fingerprint density at radius 2 is 2.10 bits per heavy atom. The number of carbonyl (C=O) groups excluding carboxylic acids is 1. The van der Waals surface area contributed by atoms with E-state index < -0.39 is 21.9 Å². The van der Waals surface area contributed by atoms with Gasteiger partial charge < -0.3 is 10.5 Å². The number of hydrogen-bond donors (Lipinski definition) is 1. The third kappa shape index (κ3) is 3.62. The quantitative estimate of drug-likeness (QED) is 0.653. The van der Waals surface area contributed by atoms with Gasteiger partial charge in [-0.2, -0.15) is 0 Å². The minimum atomic E-state index is -3.81. The fraction of sp³-hybridized carbons (Fsp3) is 0.417. The average Bonchev–Trinajstić information content (AvgIpc) is 2.40. The van der Waals surface area contributed by atoms with Crippen molar-refractivity contribution in [1.29, 1.82) is 0 Å². The summed E-state index contributed by atoms with van der Waals surface area (Å²) >= 11 is 5.79. The SMILES string of the molecule is COC(=O)C(C)CN(C)S(=O)(=O)c1cc(Cl)ccc1N. The van der Waals surface area contributed by atoms with Crippen LogP contribution in [0.1, 0.15) is 6.92 Å². The molecule has 0 aliphatic heterocycles. The number of sulfonamides is 1. The molecule has 0 bridgehead atoms. The van der Waals surface area contributed by atoms with Crippen molar-refractivity contribution in [3.63, 3.8) is 0 Å². The molecule has 0 radical (unpaired) electrons. The summed E-state index contributed by atoms with van der Waals surface area (Å²) < 4.78 is 30.4. The van der Waals surface area contributed by atoms with Gasteiger partial charge >= 0.3 is 5.97 Å². The highest BCUT2D eigenvalue weighted by atomic mass is 35.5. The molecule has 0 aromatic heterocycles. The van der Waals surface area contributed by atoms with Gasteiger partial charge in [0.05, 0.1) is 18.7 Å². The van der Waals surface area contributed by atoms with Crippen LogP contribution in [0.3, 0.4) is 0 Å². The topological polar surface area (TPSA) is 89.7 Å². The summed E-state index contributed by atoms with van der Waals surface area (Å²) in [5, 5.41) is 0.271. The van der Waals surface area contributed by atoms with Gasteiger partial charge in [0.1, 0.15) is 4.90 Å². The summed E-state index contributed by atoms with van der Waals surface area (Å²) in [5.74, 6) is -1.06. The fourth-order valence-corrected chi connectivity index (χ4v) is 3.29. The van der Waals surface area contributed by atoms with Gasteiger partial charge in [-0.3, -0.25) is 4.79 Å². The molecule has 20 heavy (non-hydrogen) atoms. The highest BCUT2D eigenvalue weighted by Crippen LogP contribution is 2.25. The summed E-state index contributed by atoms with van der Waals surface area (Å²) in [7, 11) is -1.19. The maximum absolute atomic E-state index is 12.4. The van der Waals surface area contributed by atoms with E-state index in [4.69, 9.17) is 17.3 Å². The summed E-state index contributed by atoms with van der Waals surface area (Å²) in [6.45, 7) is 1.57. The molecular weight excluding hydrogens is 304 g/mol. The second-order valence-corrected chi connectivity index (χ2v) is 6.84. The molecule has 1 unspecified atom stereocenters. The number of benzene rings is 1. The first-order valence-electron chi connectivity index (χ1n) is 5.79. The molecule has 0 amide bonds. The van der Waals surface area contributed by atoms with E-state index >= 15 is 0 Å². The lowest BCUT2D eigenvalue weighted by atomic mass is 10.2. The second-order valence-electron chi connectivity index (χ2n) is 4.39. The van der Waals surface area contributed by atoms with Gasteiger partial charge in [-0.1, -0.05) is 18.5 Å². The van der Waals surface area contributed by atoms with Crippen LogP contribution >= 0.6 is 11.6 Å². The average molecular weight is 321 g/mol. The van der Waals surface area contributed by atoms with Gasteiger partial charge in [0.2, 0.25) is 10.0 Å². The monoisotopic (exact) mass is 320 g/mol. The van der Waals surface area contributed by atoms with Crippen LogP contribution in [0.15, 0.2) is 23.1 Å². The first-order valence-corrected chi connectivity index (χ1v) is 7.61. The molecule has 6 nitrogen and oxygen atoms in total. The van der Waals surface area contributed by atoms with E-state index in [1.165, 1.54) is 32.4 Å². The van der Waals surface area contributed by atoms with Gasteiger partial charge in [-0.15, -0.1) is 0 Å². The van der Waals surface area contributed by atoms with Crippen molar-refractivity contribution >= 4 is 33.3 Å². The fourth-order valence-electron chi connectivity index (χ4n) is 1.66. The Balaban J connectivity index is 3.04. The molecule has 0 saturated carbocycles. The first kappa shape index (κ1) is 16.7. The third-order valence-corrected chi connectivity index (χ3v) is 4.91. The normalized spacial score (nSPS) is 13.2. The highest BCUT2D eigenvalue weighted by Gasteiger charge is 2.27. The van der Waals surface area contributed by atoms with Crippen LogP contribution in [0.2, 0.25) is 5.02 Å². The van der Waals surface area contributed by atoms with Crippen LogP contribution in [-0.4, -0.2) is 39.4 Å². The van der Waals surface area contributed by atoms with Crippen molar-refractivity contribution in [2.24, 2.45) is 5.92 Å². The lowest BCUT2D eigenvalue weighted by molar-refractivity contribution is -0.144. The zero-order chi connectivity index (χ0) is 15.5. The van der Waals surface area contributed by atoms with Crippen LogP contribution in [0.5, 0.6) is 0 Å². The van der Waals surface area contributed by atoms with E-state index in [-0.39, 0.29) is 22.2 Å². The van der Waals surface area contributed by atoms with Crippen molar-refractivity contribution in [2.75, 3.05) is 26.4 Å². The second kappa shape index (κ2) is 6.43. The largest absolute Gasteiger partial charge is 0.469 e. The summed E-state index contributed by atoms with van der Waals surface area (Å²) in [5.41, 5.74) is 5.78. The summed E-state index contributed by atoms with van der Waals surface area (Å²) in [6, 6.07) is 4.21. The van der Waals surface area contributed by atoms with E-state index in [2.05, 4.69) is 4.74 Å². The molecule has 0 saturated heterocycles. The molecule has 1 atom stereocenters. The maximum Gasteiger partial charge on any atom is 0.309 e. The number of hydrogen-bond acceptors (Lipinski definition) is 5. The van der Waals surface area contributed by atoms with Gasteiger partial charge in [0.25, 0.3) is 0 Å². The molecule has 1 aromatic carbocycles. The van der Waals surface area contributed by atoms with E-state index in [1.807, 2.05) is 0 Å². The van der Waals surface area contributed by atoms with E-state index in [1.54, 1.807) is 6.92 Å². The number of anilines is 1. The number of carbonyl (C=O) groups is 1. The first-order chi connectivity index (χ1) is 9.20. The summed E-state index contributed by atoms with van der Waals surface area (Å²) in [6.07, 6.45) is 0. The van der Waals surface area contributed by atoms with Gasteiger partial charge in [0, 0.05) is 18.6 Å². The Hall–Kier alpha value is -1.31. The van der Waals surface area contributed by atoms with Crippen LogP contribution in [0.4, 0.5) is 5.69 Å². The van der Waals surface area contributed by atoms with Crippen LogP contribution in [0, 0.1) is 5.92 Å². The predicted molar refractivity (Wildman–Crippen MR) is 76.9 cm³/mol. The van der Waals surface area contributed by atoms with Crippen molar-refractivity contribution in [1.82, 2.24) is 4.31 Å². The number of esters is 1. The number of nitrogens with two attached hydrogens (primary N) is 1. The van der Waals surface area contributed by atoms with Gasteiger partial charge in [-0.05, 0) is 18.2 Å². The molecule has 0 spiro atoms. The number of ether oxygens (including phenoxy) is 1. The lowest BCUT2D eigenvalue weighted by Crippen LogP contribution is -2.34.